The second kappa shape index (κ2) is 4.94. The number of nitrogens with zero attached hydrogens (tertiary/aromatic N) is 2. The molecule has 2 rings (SSSR count). The van der Waals surface area contributed by atoms with E-state index in [0.29, 0.717) is 4.83 Å². The zero-order valence-corrected chi connectivity index (χ0v) is 10.4. The Morgan fingerprint density at radius 3 is 3.13 bits per heavy atom. The quantitative estimate of drug-likeness (QED) is 0.730. The maximum atomic E-state index is 5.47. The molecule has 1 atom stereocenters. The summed E-state index contributed by atoms with van der Waals surface area (Å²) >= 11 is 3.60. The lowest BCUT2D eigenvalue weighted by atomic mass is 10.3. The topological polar surface area (TPSA) is 25.4 Å². The summed E-state index contributed by atoms with van der Waals surface area (Å²) < 4.78 is 5.47. The molecule has 3 nitrogen and oxygen atoms in total. The maximum Gasteiger partial charge on any atom is 0.128 e. The van der Waals surface area contributed by atoms with Gasteiger partial charge in [-0.1, -0.05) is 22.0 Å². The Kier molecular flexibility index (Phi) is 3.59. The molecule has 4 heteroatoms. The molecule has 15 heavy (non-hydrogen) atoms. The van der Waals surface area contributed by atoms with Gasteiger partial charge in [0, 0.05) is 19.3 Å². The first-order valence-electron chi connectivity index (χ1n) is 5.15. The van der Waals surface area contributed by atoms with Crippen LogP contribution in [0.4, 0.5) is 5.82 Å². The number of halogens is 1. The van der Waals surface area contributed by atoms with Crippen LogP contribution in [-0.4, -0.2) is 36.1 Å². The summed E-state index contributed by atoms with van der Waals surface area (Å²) in [5.41, 5.74) is 1.19. The Balaban J connectivity index is 2.11. The number of ether oxygens (including phenoxy) is 1. The van der Waals surface area contributed by atoms with E-state index >= 15 is 0 Å². The third-order valence-electron chi connectivity index (χ3n) is 2.44. The van der Waals surface area contributed by atoms with Crippen LogP contribution < -0.4 is 4.90 Å². The third kappa shape index (κ3) is 2.92. The van der Waals surface area contributed by atoms with Crippen molar-refractivity contribution in [2.24, 2.45) is 0 Å². The summed E-state index contributed by atoms with van der Waals surface area (Å²) in [6, 6.07) is 4.16. The number of rotatable bonds is 1. The Labute approximate surface area is 98.6 Å². The van der Waals surface area contributed by atoms with Crippen molar-refractivity contribution in [2.75, 3.05) is 31.2 Å². The SMILES string of the molecule is Cc1ccc(N2CCOCC(Br)C2)nc1. The molecule has 1 aliphatic heterocycles. The normalized spacial score (nSPS) is 22.5. The minimum absolute atomic E-state index is 0.392. The van der Waals surface area contributed by atoms with Crippen molar-refractivity contribution in [1.29, 1.82) is 0 Å². The standard InChI is InChI=1S/C11H15BrN2O/c1-9-2-3-11(13-6-9)14-4-5-15-8-10(12)7-14/h2-3,6,10H,4-5,7-8H2,1H3. The van der Waals surface area contributed by atoms with E-state index in [9.17, 15) is 0 Å². The molecule has 0 aromatic carbocycles. The van der Waals surface area contributed by atoms with E-state index in [0.717, 1.165) is 32.1 Å². The highest BCUT2D eigenvalue weighted by molar-refractivity contribution is 9.09. The van der Waals surface area contributed by atoms with Gasteiger partial charge in [0.1, 0.15) is 5.82 Å². The second-order valence-electron chi connectivity index (χ2n) is 3.81. The van der Waals surface area contributed by atoms with Crippen molar-refractivity contribution in [3.05, 3.63) is 23.9 Å². The molecule has 0 bridgehead atoms. The number of hydrogen-bond acceptors (Lipinski definition) is 3. The van der Waals surface area contributed by atoms with Crippen molar-refractivity contribution in [3.8, 4) is 0 Å². The zero-order chi connectivity index (χ0) is 10.7. The summed E-state index contributed by atoms with van der Waals surface area (Å²) in [4.78, 5) is 7.08. The predicted molar refractivity (Wildman–Crippen MR) is 64.7 cm³/mol. The van der Waals surface area contributed by atoms with Gasteiger partial charge in [0.05, 0.1) is 18.0 Å². The van der Waals surface area contributed by atoms with Crippen LogP contribution in [0, 0.1) is 6.92 Å². The summed E-state index contributed by atoms with van der Waals surface area (Å²) in [6.45, 7) is 5.48. The number of anilines is 1. The molecule has 0 radical (unpaired) electrons. The molecule has 0 saturated carbocycles. The van der Waals surface area contributed by atoms with Crippen LogP contribution >= 0.6 is 15.9 Å². The lowest BCUT2D eigenvalue weighted by Crippen LogP contribution is -2.30. The molecule has 0 N–H and O–H groups in total. The number of hydrogen-bond donors (Lipinski definition) is 0. The lowest BCUT2D eigenvalue weighted by Gasteiger charge is -2.22. The molecule has 1 aliphatic rings. The van der Waals surface area contributed by atoms with Crippen LogP contribution in [0.3, 0.4) is 0 Å². The molecule has 1 unspecified atom stereocenters. The molecule has 0 aliphatic carbocycles. The smallest absolute Gasteiger partial charge is 0.128 e. The van der Waals surface area contributed by atoms with Crippen LogP contribution in [0.25, 0.3) is 0 Å². The molecule has 1 fully saturated rings. The Hall–Kier alpha value is -0.610. The molecule has 2 heterocycles. The van der Waals surface area contributed by atoms with E-state index in [1.807, 2.05) is 6.20 Å². The van der Waals surface area contributed by atoms with Crippen molar-refractivity contribution in [1.82, 2.24) is 4.98 Å². The largest absolute Gasteiger partial charge is 0.378 e. The van der Waals surface area contributed by atoms with Crippen molar-refractivity contribution >= 4 is 21.7 Å². The van der Waals surface area contributed by atoms with Gasteiger partial charge in [0.25, 0.3) is 0 Å². The zero-order valence-electron chi connectivity index (χ0n) is 8.82. The van der Waals surface area contributed by atoms with Crippen LogP contribution in [-0.2, 0) is 4.74 Å². The molecule has 1 aromatic heterocycles. The summed E-state index contributed by atoms with van der Waals surface area (Å²) in [6.07, 6.45) is 1.91. The molecular formula is C11H15BrN2O. The Morgan fingerprint density at radius 1 is 1.53 bits per heavy atom. The van der Waals surface area contributed by atoms with Crippen molar-refractivity contribution in [3.63, 3.8) is 0 Å². The van der Waals surface area contributed by atoms with Gasteiger partial charge < -0.3 is 9.64 Å². The van der Waals surface area contributed by atoms with Gasteiger partial charge in [0.15, 0.2) is 0 Å². The average molecular weight is 271 g/mol. The Morgan fingerprint density at radius 2 is 2.40 bits per heavy atom. The summed E-state index contributed by atoms with van der Waals surface area (Å²) in [5.74, 6) is 1.04. The van der Waals surface area contributed by atoms with Gasteiger partial charge in [-0.05, 0) is 18.6 Å². The summed E-state index contributed by atoms with van der Waals surface area (Å²) in [5, 5.41) is 0. The molecular weight excluding hydrogens is 256 g/mol. The van der Waals surface area contributed by atoms with E-state index < -0.39 is 0 Å². The highest BCUT2D eigenvalue weighted by Gasteiger charge is 2.16. The van der Waals surface area contributed by atoms with Gasteiger partial charge in [-0.2, -0.15) is 0 Å². The molecule has 82 valence electrons. The fraction of sp³-hybridized carbons (Fsp3) is 0.545. The van der Waals surface area contributed by atoms with Gasteiger partial charge in [0.2, 0.25) is 0 Å². The average Bonchev–Trinajstić information content (AvgIpc) is 2.44. The third-order valence-corrected chi connectivity index (χ3v) is 3.00. The fourth-order valence-electron chi connectivity index (χ4n) is 1.62. The van der Waals surface area contributed by atoms with E-state index in [2.05, 4.69) is 44.9 Å². The van der Waals surface area contributed by atoms with E-state index in [-0.39, 0.29) is 0 Å². The van der Waals surface area contributed by atoms with Crippen LogP contribution in [0.5, 0.6) is 0 Å². The van der Waals surface area contributed by atoms with Gasteiger partial charge >= 0.3 is 0 Å². The van der Waals surface area contributed by atoms with E-state index in [4.69, 9.17) is 4.74 Å². The van der Waals surface area contributed by atoms with E-state index in [1.54, 1.807) is 0 Å². The highest BCUT2D eigenvalue weighted by atomic mass is 79.9. The molecule has 0 spiro atoms. The lowest BCUT2D eigenvalue weighted by molar-refractivity contribution is 0.156. The van der Waals surface area contributed by atoms with Crippen molar-refractivity contribution < 1.29 is 4.74 Å². The second-order valence-corrected chi connectivity index (χ2v) is 5.11. The molecule has 1 aromatic rings. The molecule has 0 amide bonds. The minimum atomic E-state index is 0.392. The highest BCUT2D eigenvalue weighted by Crippen LogP contribution is 2.15. The molecule has 1 saturated heterocycles. The van der Waals surface area contributed by atoms with Crippen molar-refractivity contribution in [2.45, 2.75) is 11.8 Å². The van der Waals surface area contributed by atoms with Gasteiger partial charge in [-0.15, -0.1) is 0 Å². The number of pyridine rings is 1. The first-order chi connectivity index (χ1) is 7.25. The monoisotopic (exact) mass is 270 g/mol. The minimum Gasteiger partial charge on any atom is -0.378 e. The number of aromatic nitrogens is 1. The number of alkyl halides is 1. The van der Waals surface area contributed by atoms with E-state index in [1.165, 1.54) is 5.56 Å². The maximum absolute atomic E-state index is 5.47. The van der Waals surface area contributed by atoms with Crippen LogP contribution in [0.1, 0.15) is 5.56 Å². The van der Waals surface area contributed by atoms with Crippen LogP contribution in [0.15, 0.2) is 18.3 Å². The summed E-state index contributed by atoms with van der Waals surface area (Å²) in [7, 11) is 0. The predicted octanol–water partition coefficient (Wildman–Crippen LogP) is 1.99. The van der Waals surface area contributed by atoms with Crippen LogP contribution in [0.2, 0.25) is 0 Å². The van der Waals surface area contributed by atoms with Gasteiger partial charge in [-0.25, -0.2) is 4.98 Å². The first-order valence-corrected chi connectivity index (χ1v) is 6.06. The fourth-order valence-corrected chi connectivity index (χ4v) is 2.16. The van der Waals surface area contributed by atoms with Gasteiger partial charge in [-0.3, -0.25) is 0 Å². The Bertz CT molecular complexity index is 315. The first kappa shape index (κ1) is 10.9. The number of aryl methyl sites for hydroxylation is 1.